The Kier molecular flexibility index (Phi) is 11.0. The number of benzene rings is 1. The number of aromatic amines is 1. The SMILES string of the molecule is CCCN(CCC)CCCC/N=C\c1ccc(CN(Cc2ncc[nH]2)Cc2nccn2C)cc1. The minimum Gasteiger partial charge on any atom is -0.348 e. The van der Waals surface area contributed by atoms with Gasteiger partial charge in [-0.25, -0.2) is 9.97 Å². The average molecular weight is 464 g/mol. The quantitative estimate of drug-likeness (QED) is 0.248. The van der Waals surface area contributed by atoms with Gasteiger partial charge in [-0.2, -0.15) is 0 Å². The highest BCUT2D eigenvalue weighted by atomic mass is 15.2. The lowest BCUT2D eigenvalue weighted by atomic mass is 10.1. The molecule has 0 fully saturated rings. The molecule has 1 aromatic carbocycles. The Morgan fingerprint density at radius 2 is 1.71 bits per heavy atom. The van der Waals surface area contributed by atoms with Crippen LogP contribution in [0.15, 0.2) is 54.0 Å². The number of aliphatic imine (C=N–C) groups is 1. The number of nitrogens with zero attached hydrogens (tertiary/aromatic N) is 6. The zero-order valence-corrected chi connectivity index (χ0v) is 21.2. The first-order valence-corrected chi connectivity index (χ1v) is 12.7. The van der Waals surface area contributed by atoms with Gasteiger partial charge in [0.05, 0.1) is 13.1 Å². The highest BCUT2D eigenvalue weighted by Gasteiger charge is 2.12. The third-order valence-electron chi connectivity index (χ3n) is 5.93. The van der Waals surface area contributed by atoms with Crippen molar-refractivity contribution in [2.45, 2.75) is 59.2 Å². The van der Waals surface area contributed by atoms with Crippen LogP contribution < -0.4 is 0 Å². The number of hydrogen-bond acceptors (Lipinski definition) is 5. The molecule has 0 bridgehead atoms. The van der Waals surface area contributed by atoms with Gasteiger partial charge in [0.1, 0.15) is 11.6 Å². The van der Waals surface area contributed by atoms with E-state index in [9.17, 15) is 0 Å². The zero-order chi connectivity index (χ0) is 24.0. The summed E-state index contributed by atoms with van der Waals surface area (Å²) in [5.41, 5.74) is 2.42. The van der Waals surface area contributed by atoms with E-state index in [-0.39, 0.29) is 0 Å². The summed E-state index contributed by atoms with van der Waals surface area (Å²) in [5, 5.41) is 0. The molecule has 7 nitrogen and oxygen atoms in total. The average Bonchev–Trinajstić information content (AvgIpc) is 3.49. The van der Waals surface area contributed by atoms with Crippen LogP contribution in [0.1, 0.15) is 62.3 Å². The second kappa shape index (κ2) is 14.5. The van der Waals surface area contributed by atoms with E-state index in [2.05, 4.69) is 72.4 Å². The van der Waals surface area contributed by atoms with Crippen molar-refractivity contribution in [3.05, 3.63) is 71.8 Å². The van der Waals surface area contributed by atoms with Crippen LogP contribution >= 0.6 is 0 Å². The second-order valence-corrected chi connectivity index (χ2v) is 8.96. The predicted molar refractivity (Wildman–Crippen MR) is 140 cm³/mol. The van der Waals surface area contributed by atoms with Crippen LogP contribution in [0.3, 0.4) is 0 Å². The standard InChI is InChI=1S/C27H41N7/c1-4-16-33(17-5-2)18-7-6-12-28-20-24-8-10-25(11-9-24)21-34(22-26-29-13-14-30-26)23-27-31-15-19-32(27)3/h8-11,13-15,19-20H,4-7,12,16-18,21-23H2,1-3H3,(H,29,30)/b28-20-. The van der Waals surface area contributed by atoms with Crippen molar-refractivity contribution in [3.63, 3.8) is 0 Å². The van der Waals surface area contributed by atoms with E-state index in [1.807, 2.05) is 31.9 Å². The van der Waals surface area contributed by atoms with E-state index in [0.29, 0.717) is 0 Å². The molecule has 0 aliphatic rings. The predicted octanol–water partition coefficient (Wildman–Crippen LogP) is 4.67. The van der Waals surface area contributed by atoms with Crippen molar-refractivity contribution in [2.24, 2.45) is 12.0 Å². The molecular weight excluding hydrogens is 422 g/mol. The van der Waals surface area contributed by atoms with Crippen LogP contribution in [-0.2, 0) is 26.7 Å². The van der Waals surface area contributed by atoms with Crippen LogP contribution in [-0.4, -0.2) is 61.7 Å². The second-order valence-electron chi connectivity index (χ2n) is 8.96. The van der Waals surface area contributed by atoms with Crippen molar-refractivity contribution in [2.75, 3.05) is 26.2 Å². The Morgan fingerprint density at radius 3 is 2.35 bits per heavy atom. The molecule has 0 aliphatic heterocycles. The van der Waals surface area contributed by atoms with Gasteiger partial charge in [-0.15, -0.1) is 0 Å². The summed E-state index contributed by atoms with van der Waals surface area (Å²) in [7, 11) is 2.04. The first-order chi connectivity index (χ1) is 16.7. The first-order valence-electron chi connectivity index (χ1n) is 12.7. The maximum atomic E-state index is 4.65. The van der Waals surface area contributed by atoms with Gasteiger partial charge in [-0.3, -0.25) is 9.89 Å². The minimum atomic E-state index is 0.747. The van der Waals surface area contributed by atoms with Gasteiger partial charge >= 0.3 is 0 Å². The number of rotatable bonds is 16. The number of aryl methyl sites for hydroxylation is 1. The van der Waals surface area contributed by atoms with Crippen molar-refractivity contribution in [1.82, 2.24) is 29.3 Å². The van der Waals surface area contributed by atoms with Crippen molar-refractivity contribution in [1.29, 1.82) is 0 Å². The number of imidazole rings is 2. The van der Waals surface area contributed by atoms with Crippen LogP contribution in [0.25, 0.3) is 0 Å². The van der Waals surface area contributed by atoms with Crippen LogP contribution in [0, 0.1) is 0 Å². The van der Waals surface area contributed by atoms with Gasteiger partial charge < -0.3 is 14.5 Å². The number of unbranched alkanes of at least 4 members (excludes halogenated alkanes) is 1. The summed E-state index contributed by atoms with van der Waals surface area (Å²) in [6.45, 7) is 11.4. The van der Waals surface area contributed by atoms with Gasteiger partial charge in [0.15, 0.2) is 0 Å². The molecule has 0 amide bonds. The minimum absolute atomic E-state index is 0.747. The van der Waals surface area contributed by atoms with E-state index in [0.717, 1.165) is 49.8 Å². The lowest BCUT2D eigenvalue weighted by Crippen LogP contribution is -2.26. The summed E-state index contributed by atoms with van der Waals surface area (Å²) in [6.07, 6.45) is 14.3. The molecule has 0 spiro atoms. The monoisotopic (exact) mass is 463 g/mol. The molecule has 2 aromatic heterocycles. The summed E-state index contributed by atoms with van der Waals surface area (Å²) < 4.78 is 2.07. The number of hydrogen-bond donors (Lipinski definition) is 1. The molecule has 3 rings (SSSR count). The van der Waals surface area contributed by atoms with E-state index in [1.165, 1.54) is 44.5 Å². The maximum Gasteiger partial charge on any atom is 0.122 e. The highest BCUT2D eigenvalue weighted by Crippen LogP contribution is 2.12. The third-order valence-corrected chi connectivity index (χ3v) is 5.93. The summed E-state index contributed by atoms with van der Waals surface area (Å²) in [4.78, 5) is 21.7. The van der Waals surface area contributed by atoms with Crippen LogP contribution in [0.2, 0.25) is 0 Å². The largest absolute Gasteiger partial charge is 0.348 e. The highest BCUT2D eigenvalue weighted by molar-refractivity contribution is 5.79. The Hall–Kier alpha value is -2.77. The molecule has 2 heterocycles. The lowest BCUT2D eigenvalue weighted by molar-refractivity contribution is 0.233. The maximum absolute atomic E-state index is 4.65. The van der Waals surface area contributed by atoms with Gasteiger partial charge in [0.2, 0.25) is 0 Å². The molecule has 0 atom stereocenters. The van der Waals surface area contributed by atoms with Gasteiger partial charge in [0, 0.05) is 51.1 Å². The van der Waals surface area contributed by atoms with Crippen molar-refractivity contribution < 1.29 is 0 Å². The molecule has 1 N–H and O–H groups in total. The fourth-order valence-electron chi connectivity index (χ4n) is 4.16. The summed E-state index contributed by atoms with van der Waals surface area (Å²) >= 11 is 0. The molecule has 0 aliphatic carbocycles. The number of nitrogens with one attached hydrogen (secondary N) is 1. The van der Waals surface area contributed by atoms with E-state index >= 15 is 0 Å². The molecule has 0 saturated heterocycles. The topological polar surface area (TPSA) is 65.3 Å². The fraction of sp³-hybridized carbons (Fsp3) is 0.519. The number of aromatic nitrogens is 4. The molecule has 3 aromatic rings. The molecular formula is C27H41N7. The van der Waals surface area contributed by atoms with Crippen molar-refractivity contribution in [3.8, 4) is 0 Å². The Bertz CT molecular complexity index is 938. The molecule has 0 radical (unpaired) electrons. The molecule has 0 unspecified atom stereocenters. The van der Waals surface area contributed by atoms with Gasteiger partial charge in [-0.1, -0.05) is 38.1 Å². The van der Waals surface area contributed by atoms with Crippen LogP contribution in [0.4, 0.5) is 0 Å². The van der Waals surface area contributed by atoms with E-state index in [1.54, 1.807) is 6.20 Å². The first kappa shape index (κ1) is 25.8. The van der Waals surface area contributed by atoms with E-state index < -0.39 is 0 Å². The van der Waals surface area contributed by atoms with Crippen LogP contribution in [0.5, 0.6) is 0 Å². The molecule has 34 heavy (non-hydrogen) atoms. The summed E-state index contributed by atoms with van der Waals surface area (Å²) in [6, 6.07) is 8.72. The molecule has 7 heteroatoms. The zero-order valence-electron chi connectivity index (χ0n) is 21.2. The smallest absolute Gasteiger partial charge is 0.122 e. The Labute approximate surface area is 205 Å². The number of H-pyrrole nitrogens is 1. The van der Waals surface area contributed by atoms with E-state index in [4.69, 9.17) is 0 Å². The van der Waals surface area contributed by atoms with Crippen molar-refractivity contribution >= 4 is 6.21 Å². The Balaban J connectivity index is 1.47. The Morgan fingerprint density at radius 1 is 0.912 bits per heavy atom. The normalized spacial score (nSPS) is 11.9. The fourth-order valence-corrected chi connectivity index (χ4v) is 4.16. The molecule has 0 saturated carbocycles. The van der Waals surface area contributed by atoms with Gasteiger partial charge in [-0.05, 0) is 56.4 Å². The summed E-state index contributed by atoms with van der Waals surface area (Å²) in [5.74, 6) is 2.01. The lowest BCUT2D eigenvalue weighted by Gasteiger charge is -2.21. The molecule has 184 valence electrons. The third kappa shape index (κ3) is 8.88. The van der Waals surface area contributed by atoms with Gasteiger partial charge in [0.25, 0.3) is 0 Å².